The minimum Gasteiger partial charge on any atom is -0.457 e. The molecule has 2 rings (SSSR count). The molecule has 582 valence electrons. The lowest BCUT2D eigenvalue weighted by molar-refractivity contribution is -0.304. The van der Waals surface area contributed by atoms with E-state index >= 15 is 0 Å². The van der Waals surface area contributed by atoms with E-state index in [1.54, 1.807) is 0 Å². The molecule has 0 aromatic heterocycles. The van der Waals surface area contributed by atoms with Gasteiger partial charge in [0.1, 0.15) is 48.8 Å². The van der Waals surface area contributed by atoms with Crippen LogP contribution in [0.5, 0.6) is 0 Å². The maximum absolute atomic E-state index is 14.3. The zero-order valence-corrected chi connectivity index (χ0v) is 63.9. The van der Waals surface area contributed by atoms with E-state index in [0.29, 0.717) is 25.7 Å². The Balaban J connectivity index is 2.56. The second-order valence-corrected chi connectivity index (χ2v) is 28.8. The number of esters is 2. The molecule has 11 atom stereocenters. The number of nitrogens with zero attached hydrogens (tertiary/aromatic N) is 2. The number of carbonyl (C=O) groups excluding carboxylic acids is 8. The monoisotopic (exact) mass is 1470 g/mol. The van der Waals surface area contributed by atoms with Crippen LogP contribution in [-0.2, 0) is 80.4 Å². The highest BCUT2D eigenvalue weighted by atomic mass is 31.2. The summed E-state index contributed by atoms with van der Waals surface area (Å²) >= 11 is 0. The predicted octanol–water partition coefficient (Wildman–Crippen LogP) is 10.6. The lowest BCUT2D eigenvalue weighted by atomic mass is 9.95. The van der Waals surface area contributed by atoms with Crippen LogP contribution in [0.3, 0.4) is 0 Å². The molecule has 100 heavy (non-hydrogen) atoms. The summed E-state index contributed by atoms with van der Waals surface area (Å²) in [5.74, 6) is -5.00. The third-order valence-corrected chi connectivity index (χ3v) is 19.1. The van der Waals surface area contributed by atoms with Crippen molar-refractivity contribution in [3.8, 4) is 0 Å². The molecule has 0 bridgehead atoms. The molecule has 0 aromatic carbocycles. The molecule has 28 heteroatoms. The number of amides is 5. The van der Waals surface area contributed by atoms with Crippen LogP contribution in [0.2, 0.25) is 0 Å². The molecule has 2 heterocycles. The van der Waals surface area contributed by atoms with Gasteiger partial charge < -0.3 is 78.7 Å². The fraction of sp³-hybridized carbons (Fsp3) is 0.889. The van der Waals surface area contributed by atoms with Crippen LogP contribution in [0.15, 0.2) is 0 Å². The summed E-state index contributed by atoms with van der Waals surface area (Å²) in [6, 6.07) is -3.31. The number of nitrogens with one attached hydrogen (secondary N) is 3. The zero-order valence-electron chi connectivity index (χ0n) is 61.9. The lowest BCUT2D eigenvalue weighted by Gasteiger charge is -2.47. The van der Waals surface area contributed by atoms with Gasteiger partial charge in [-0.05, 0) is 25.7 Å². The van der Waals surface area contributed by atoms with E-state index in [2.05, 4.69) is 53.1 Å². The van der Waals surface area contributed by atoms with E-state index in [4.69, 9.17) is 37.5 Å². The van der Waals surface area contributed by atoms with Crippen molar-refractivity contribution in [2.45, 2.75) is 352 Å². The number of likely N-dealkylation sites (N-methyl/N-ethyl adjacent to an activating group) is 2. The van der Waals surface area contributed by atoms with Crippen LogP contribution in [0.25, 0.3) is 0 Å². The highest BCUT2D eigenvalue weighted by molar-refractivity contribution is 7.46. The number of aliphatic hydroxyl groups is 2. The number of Topliss-reactive ketones (excluding diaryl/α,β-unsaturated/α-hetero) is 1. The minimum atomic E-state index is -5.55. The first-order valence-electron chi connectivity index (χ1n) is 38.3. The third-order valence-electron chi connectivity index (χ3n) is 18.3. The van der Waals surface area contributed by atoms with Gasteiger partial charge in [0, 0.05) is 55.7 Å². The van der Waals surface area contributed by atoms with Gasteiger partial charge in [0.15, 0.2) is 24.8 Å². The van der Waals surface area contributed by atoms with Crippen LogP contribution in [-0.4, -0.2) is 199 Å². The van der Waals surface area contributed by atoms with Crippen LogP contribution >= 0.6 is 17.3 Å². The molecular weight excluding hydrogens is 1330 g/mol. The van der Waals surface area contributed by atoms with Crippen molar-refractivity contribution in [2.24, 2.45) is 0 Å². The van der Waals surface area contributed by atoms with Gasteiger partial charge in [-0.25, -0.2) is 4.57 Å². The van der Waals surface area contributed by atoms with E-state index < -0.39 is 138 Å². The van der Waals surface area contributed by atoms with Crippen LogP contribution in [0, 0.1) is 0 Å². The zero-order chi connectivity index (χ0) is 73.8. The molecule has 1 unspecified atom stereocenters. The van der Waals surface area contributed by atoms with Crippen molar-refractivity contribution >= 4 is 64.5 Å². The normalized spacial score (nSPS) is 20.7. The molecule has 0 radical (unpaired) electrons. The second kappa shape index (κ2) is 57.5. The number of hydrogen-bond acceptors (Lipinski definition) is 19. The average Bonchev–Trinajstić information content (AvgIpc) is 0.788. The summed E-state index contributed by atoms with van der Waals surface area (Å²) in [6.07, 6.45) is 21.2. The molecule has 0 aromatic rings. The van der Waals surface area contributed by atoms with E-state index in [0.717, 1.165) is 141 Å². The summed E-state index contributed by atoms with van der Waals surface area (Å²) in [5.41, 5.74) is 0. The Morgan fingerprint density at radius 3 is 1.28 bits per heavy atom. The number of carbonyl (C=O) groups is 8. The van der Waals surface area contributed by atoms with Crippen molar-refractivity contribution in [1.82, 2.24) is 25.8 Å². The Morgan fingerprint density at radius 2 is 0.850 bits per heavy atom. The Morgan fingerprint density at radius 1 is 0.460 bits per heavy atom. The van der Waals surface area contributed by atoms with Gasteiger partial charge >= 0.3 is 19.8 Å². The summed E-state index contributed by atoms with van der Waals surface area (Å²) in [6.45, 7) is 4.89. The highest BCUT2D eigenvalue weighted by Gasteiger charge is 2.54. The maximum atomic E-state index is 14.3. The van der Waals surface area contributed by atoms with Gasteiger partial charge in [0.2, 0.25) is 29.5 Å². The van der Waals surface area contributed by atoms with E-state index in [1.807, 2.05) is 0 Å². The summed E-state index contributed by atoms with van der Waals surface area (Å²) in [5, 5.41) is 31.2. The van der Waals surface area contributed by atoms with E-state index in [-0.39, 0.29) is 62.9 Å². The number of unbranched alkanes of at least 4 members (excludes halogenated alkanes) is 31. The van der Waals surface area contributed by atoms with Gasteiger partial charge in [-0.15, -0.1) is 0 Å². The SMILES string of the molecule is CCCCCCCCCCCC(=O)NCC(=O)O[C@H]1[C@H](O)[C@@H](CO[C@@H]2O[C@H](CO)[C@@H](OP(=O)(O)O)[C@H](OC(=O)CCC(=O)CCCCCCCCCC)[C@@H]2NC(=O)CN(C)C(=O)CCCCCCCCCCC)O[C@H](OCCOP)[C@H]1NC(=O)CN(C)C(=O)CCCCCCCCCCC. The molecule has 2 aliphatic rings. The van der Waals surface area contributed by atoms with Crippen molar-refractivity contribution < 1.29 is 100 Å². The molecule has 2 fully saturated rings. The molecule has 0 spiro atoms. The molecule has 26 nitrogen and oxygen atoms in total. The second-order valence-electron chi connectivity index (χ2n) is 27.3. The number of rotatable bonds is 62. The molecule has 0 saturated carbocycles. The number of ether oxygens (including phenoxy) is 6. The number of ketones is 1. The van der Waals surface area contributed by atoms with Crippen LogP contribution in [0.1, 0.15) is 291 Å². The van der Waals surface area contributed by atoms with Crippen molar-refractivity contribution in [3.63, 3.8) is 0 Å². The first-order valence-corrected chi connectivity index (χ1v) is 40.3. The van der Waals surface area contributed by atoms with Gasteiger partial charge in [0.05, 0.1) is 45.9 Å². The van der Waals surface area contributed by atoms with Gasteiger partial charge in [-0.1, -0.05) is 227 Å². The smallest absolute Gasteiger partial charge is 0.457 e. The largest absolute Gasteiger partial charge is 0.470 e. The Hall–Kier alpha value is -3.78. The third kappa shape index (κ3) is 42.9. The number of hydrogen-bond donors (Lipinski definition) is 7. The standard InChI is InChI=1S/C72H133N5O21P2/c1-7-11-15-19-23-27-31-35-39-43-58(80)73-50-64(86)97-69-65(74-59(81)51-76(5)61(83)44-40-36-32-28-24-20-16-12-8-2)71(91-48-49-93-99)95-57(67(69)87)54-92-72-66(75-60(82)52-77(6)62(84)45-41-37-33-29-25-21-17-13-9-3)70(68(56(53-78)94-72)98-100(88,89)90)96-63(85)47-46-55(79)42-38-34-30-26-22-18-14-10-4/h56-57,65-72,78,87H,7-54,99H2,1-6H3,(H,73,80)(H,74,81)(H,75,82)(H2,88,89,90)/t56-,57-,65+,66+,67-,68-,69-,70-,71+,72-/m1/s1. The first-order chi connectivity index (χ1) is 48.1. The minimum absolute atomic E-state index is 0.0499. The topological polar surface area (TPSA) is 351 Å². The van der Waals surface area contributed by atoms with Crippen molar-refractivity contribution in [1.29, 1.82) is 0 Å². The predicted molar refractivity (Wildman–Crippen MR) is 384 cm³/mol. The quantitative estimate of drug-likeness (QED) is 0.0169. The average molecular weight is 1470 g/mol. The molecule has 7 N–H and O–H groups in total. The van der Waals surface area contributed by atoms with Gasteiger partial charge in [-0.2, -0.15) is 0 Å². The number of phosphoric ester groups is 1. The van der Waals surface area contributed by atoms with Crippen LogP contribution < -0.4 is 16.0 Å². The summed E-state index contributed by atoms with van der Waals surface area (Å²) in [7, 11) is -0.588. The summed E-state index contributed by atoms with van der Waals surface area (Å²) < 4.78 is 59.8. The Bertz CT molecular complexity index is 2290. The maximum Gasteiger partial charge on any atom is 0.470 e. The molecule has 5 amide bonds. The lowest BCUT2D eigenvalue weighted by Crippen LogP contribution is -2.68. The number of phosphoric acid groups is 1. The van der Waals surface area contributed by atoms with Gasteiger partial charge in [0.25, 0.3) is 0 Å². The van der Waals surface area contributed by atoms with E-state index in [9.17, 15) is 62.9 Å². The van der Waals surface area contributed by atoms with Crippen molar-refractivity contribution in [3.05, 3.63) is 0 Å². The number of aliphatic hydroxyl groups excluding tert-OH is 2. The molecule has 2 saturated heterocycles. The fourth-order valence-electron chi connectivity index (χ4n) is 12.4. The Labute approximate surface area is 600 Å². The fourth-order valence-corrected chi connectivity index (χ4v) is 13.0. The van der Waals surface area contributed by atoms with Gasteiger partial charge in [-0.3, -0.25) is 42.9 Å². The Kier molecular flexibility index (Phi) is 53.1. The van der Waals surface area contributed by atoms with E-state index in [1.165, 1.54) is 81.7 Å². The summed E-state index contributed by atoms with van der Waals surface area (Å²) in [4.78, 5) is 132. The van der Waals surface area contributed by atoms with Crippen molar-refractivity contribution in [2.75, 3.05) is 60.2 Å². The molecular formula is C72H133N5O21P2. The molecule has 0 aliphatic carbocycles. The van der Waals surface area contributed by atoms with Crippen LogP contribution in [0.4, 0.5) is 0 Å². The molecule has 2 aliphatic heterocycles. The highest BCUT2D eigenvalue weighted by Crippen LogP contribution is 2.42. The first kappa shape index (κ1) is 92.3.